The zero-order valence-corrected chi connectivity index (χ0v) is 18.3. The van der Waals surface area contributed by atoms with Gasteiger partial charge in [0.25, 0.3) is 5.56 Å². The van der Waals surface area contributed by atoms with Gasteiger partial charge in [-0.2, -0.15) is 0 Å². The molecule has 9 nitrogen and oxygen atoms in total. The molecule has 3 aromatic rings. The number of aromatic nitrogens is 5. The van der Waals surface area contributed by atoms with Crippen LogP contribution in [0.2, 0.25) is 0 Å². The van der Waals surface area contributed by atoms with Crippen LogP contribution in [0.1, 0.15) is 30.8 Å². The smallest absolute Gasteiger partial charge is 0.300 e. The molecule has 29 heavy (non-hydrogen) atoms. The third-order valence-corrected chi connectivity index (χ3v) is 6.52. The van der Waals surface area contributed by atoms with E-state index in [2.05, 4.69) is 20.5 Å². The second-order valence-electron chi connectivity index (χ2n) is 6.46. The van der Waals surface area contributed by atoms with Crippen molar-refractivity contribution in [2.45, 2.75) is 38.0 Å². The largest absolute Gasteiger partial charge is 0.332 e. The number of hydrogen-bond acceptors (Lipinski definition) is 8. The lowest BCUT2D eigenvalue weighted by molar-refractivity contribution is -0.113. The summed E-state index contributed by atoms with van der Waals surface area (Å²) in [6.45, 7) is 4.00. The fraction of sp³-hybridized carbons (Fsp3) is 0.444. The SMILES string of the molecule is CCCc1cnc2c(c1SCC(=O)Nc1nnc(CC)s1)c(=O)n(C)c(=O)n2C. The first-order valence-electron chi connectivity index (χ1n) is 9.19. The van der Waals surface area contributed by atoms with Gasteiger partial charge in [-0.15, -0.1) is 22.0 Å². The maximum atomic E-state index is 12.8. The van der Waals surface area contributed by atoms with E-state index in [1.54, 1.807) is 13.2 Å². The minimum absolute atomic E-state index is 0.100. The summed E-state index contributed by atoms with van der Waals surface area (Å²) < 4.78 is 2.42. The summed E-state index contributed by atoms with van der Waals surface area (Å²) in [5.74, 6) is -0.133. The molecule has 3 aromatic heterocycles. The molecule has 154 valence electrons. The van der Waals surface area contributed by atoms with Crippen LogP contribution in [0.3, 0.4) is 0 Å². The molecule has 0 spiro atoms. The summed E-state index contributed by atoms with van der Waals surface area (Å²) in [5, 5.41) is 12.4. The number of thioether (sulfide) groups is 1. The molecule has 0 bridgehead atoms. The van der Waals surface area contributed by atoms with Crippen LogP contribution in [-0.2, 0) is 31.7 Å². The van der Waals surface area contributed by atoms with E-state index in [0.29, 0.717) is 21.1 Å². The van der Waals surface area contributed by atoms with Gasteiger partial charge >= 0.3 is 5.69 Å². The van der Waals surface area contributed by atoms with E-state index in [0.717, 1.165) is 34.4 Å². The molecule has 1 N–H and O–H groups in total. The Labute approximate surface area is 175 Å². The van der Waals surface area contributed by atoms with Gasteiger partial charge in [0.2, 0.25) is 11.0 Å². The van der Waals surface area contributed by atoms with Crippen LogP contribution in [0.25, 0.3) is 11.0 Å². The van der Waals surface area contributed by atoms with Gasteiger partial charge in [-0.05, 0) is 18.4 Å². The fourth-order valence-electron chi connectivity index (χ4n) is 2.89. The molecule has 0 aliphatic rings. The first kappa shape index (κ1) is 21.2. The lowest BCUT2D eigenvalue weighted by atomic mass is 10.1. The zero-order chi connectivity index (χ0) is 21.1. The van der Waals surface area contributed by atoms with E-state index in [1.807, 2.05) is 13.8 Å². The molecule has 0 saturated heterocycles. The van der Waals surface area contributed by atoms with Gasteiger partial charge in [0.05, 0.1) is 11.1 Å². The van der Waals surface area contributed by atoms with Crippen molar-refractivity contribution in [1.82, 2.24) is 24.3 Å². The molecule has 0 saturated carbocycles. The molecule has 0 radical (unpaired) electrons. The Morgan fingerprint density at radius 2 is 1.97 bits per heavy atom. The summed E-state index contributed by atoms with van der Waals surface area (Å²) in [6.07, 6.45) is 4.02. The molecule has 11 heteroatoms. The quantitative estimate of drug-likeness (QED) is 0.564. The highest BCUT2D eigenvalue weighted by Crippen LogP contribution is 2.29. The molecular formula is C18H22N6O3S2. The highest BCUT2D eigenvalue weighted by atomic mass is 32.2. The van der Waals surface area contributed by atoms with E-state index in [-0.39, 0.29) is 11.7 Å². The van der Waals surface area contributed by atoms with Gasteiger partial charge < -0.3 is 0 Å². The van der Waals surface area contributed by atoms with Gasteiger partial charge in [-0.1, -0.05) is 31.6 Å². The van der Waals surface area contributed by atoms with Crippen LogP contribution in [-0.4, -0.2) is 36.0 Å². The van der Waals surface area contributed by atoms with Crippen LogP contribution >= 0.6 is 23.1 Å². The summed E-state index contributed by atoms with van der Waals surface area (Å²) in [4.78, 5) is 42.5. The Morgan fingerprint density at radius 1 is 1.21 bits per heavy atom. The Bertz CT molecular complexity index is 1180. The zero-order valence-electron chi connectivity index (χ0n) is 16.7. The Balaban J connectivity index is 1.96. The average Bonchev–Trinajstić information content (AvgIpc) is 3.17. The first-order chi connectivity index (χ1) is 13.9. The highest BCUT2D eigenvalue weighted by Gasteiger charge is 2.18. The summed E-state index contributed by atoms with van der Waals surface area (Å²) in [5.41, 5.74) is 0.360. The monoisotopic (exact) mass is 434 g/mol. The molecule has 3 rings (SSSR count). The van der Waals surface area contributed by atoms with Crippen molar-refractivity contribution < 1.29 is 4.79 Å². The van der Waals surface area contributed by atoms with E-state index in [4.69, 9.17) is 0 Å². The van der Waals surface area contributed by atoms with E-state index in [1.165, 1.54) is 34.7 Å². The normalized spacial score (nSPS) is 11.2. The maximum Gasteiger partial charge on any atom is 0.332 e. The lowest BCUT2D eigenvalue weighted by Gasteiger charge is -2.13. The van der Waals surface area contributed by atoms with Gasteiger partial charge in [0.1, 0.15) is 10.7 Å². The van der Waals surface area contributed by atoms with Crippen molar-refractivity contribution in [3.05, 3.63) is 37.6 Å². The number of amides is 1. The number of aryl methyl sites for hydroxylation is 3. The molecule has 0 aromatic carbocycles. The van der Waals surface area contributed by atoms with Crippen molar-refractivity contribution in [2.24, 2.45) is 14.1 Å². The molecule has 3 heterocycles. The van der Waals surface area contributed by atoms with E-state index in [9.17, 15) is 14.4 Å². The van der Waals surface area contributed by atoms with Crippen LogP contribution in [0.4, 0.5) is 5.13 Å². The molecule has 0 aliphatic heterocycles. The minimum Gasteiger partial charge on any atom is -0.300 e. The standard InChI is InChI=1S/C18H22N6O3S2/c1-5-7-10-8-19-15-13(16(26)24(4)18(27)23(15)3)14(10)28-9-11(25)20-17-22-21-12(6-2)29-17/h8H,5-7,9H2,1-4H3,(H,20,22,25). The predicted octanol–water partition coefficient (Wildman–Crippen LogP) is 1.73. The lowest BCUT2D eigenvalue weighted by Crippen LogP contribution is -2.37. The van der Waals surface area contributed by atoms with Crippen molar-refractivity contribution in [2.75, 3.05) is 11.1 Å². The first-order valence-corrected chi connectivity index (χ1v) is 11.0. The molecule has 0 atom stereocenters. The van der Waals surface area contributed by atoms with Gasteiger partial charge in [0.15, 0.2) is 0 Å². The Morgan fingerprint density at radius 3 is 2.62 bits per heavy atom. The maximum absolute atomic E-state index is 12.8. The van der Waals surface area contributed by atoms with Gasteiger partial charge in [-0.3, -0.25) is 24.0 Å². The Kier molecular flexibility index (Phi) is 6.48. The number of rotatable bonds is 7. The number of carbonyl (C=O) groups is 1. The van der Waals surface area contributed by atoms with E-state index >= 15 is 0 Å². The van der Waals surface area contributed by atoms with Crippen LogP contribution in [0.15, 0.2) is 20.7 Å². The highest BCUT2D eigenvalue weighted by molar-refractivity contribution is 8.00. The summed E-state index contributed by atoms with van der Waals surface area (Å²) in [7, 11) is 3.02. The second kappa shape index (κ2) is 8.87. The average molecular weight is 435 g/mol. The molecule has 1 amide bonds. The molecule has 0 aliphatic carbocycles. The van der Waals surface area contributed by atoms with Crippen LogP contribution in [0, 0.1) is 0 Å². The Hall–Kier alpha value is -2.53. The summed E-state index contributed by atoms with van der Waals surface area (Å²) >= 11 is 2.61. The van der Waals surface area contributed by atoms with Crippen LogP contribution < -0.4 is 16.6 Å². The number of pyridine rings is 1. The van der Waals surface area contributed by atoms with Crippen molar-refractivity contribution in [3.63, 3.8) is 0 Å². The number of hydrogen-bond donors (Lipinski definition) is 1. The summed E-state index contributed by atoms with van der Waals surface area (Å²) in [6, 6.07) is 0. The molecule has 0 fully saturated rings. The molecule has 0 unspecified atom stereocenters. The van der Waals surface area contributed by atoms with E-state index < -0.39 is 11.2 Å². The topological polar surface area (TPSA) is 112 Å². The number of nitrogens with one attached hydrogen (secondary N) is 1. The fourth-order valence-corrected chi connectivity index (χ4v) is 4.60. The van der Waals surface area contributed by atoms with Gasteiger partial charge in [-0.25, -0.2) is 9.78 Å². The second-order valence-corrected chi connectivity index (χ2v) is 8.51. The van der Waals surface area contributed by atoms with Crippen molar-refractivity contribution >= 4 is 45.2 Å². The van der Waals surface area contributed by atoms with Crippen molar-refractivity contribution in [3.8, 4) is 0 Å². The molecular weight excluding hydrogens is 412 g/mol. The number of fused-ring (bicyclic) bond motifs is 1. The van der Waals surface area contributed by atoms with Crippen molar-refractivity contribution in [1.29, 1.82) is 0 Å². The third-order valence-electron chi connectivity index (χ3n) is 4.38. The number of anilines is 1. The predicted molar refractivity (Wildman–Crippen MR) is 115 cm³/mol. The number of nitrogens with zero attached hydrogens (tertiary/aromatic N) is 5. The third kappa shape index (κ3) is 4.25. The van der Waals surface area contributed by atoms with Gasteiger partial charge in [0, 0.05) is 25.2 Å². The van der Waals surface area contributed by atoms with Crippen LogP contribution in [0.5, 0.6) is 0 Å². The number of carbonyl (C=O) groups excluding carboxylic acids is 1. The minimum atomic E-state index is -0.435.